The molecular formula is C15H29B3N2O. The lowest BCUT2D eigenvalue weighted by atomic mass is 9.77. The van der Waals surface area contributed by atoms with E-state index in [0.29, 0.717) is 12.3 Å². The summed E-state index contributed by atoms with van der Waals surface area (Å²) in [5.74, 6) is 1.51. The lowest BCUT2D eigenvalue weighted by molar-refractivity contribution is -0.118. The van der Waals surface area contributed by atoms with Crippen LogP contribution in [0, 0.1) is 11.8 Å². The monoisotopic (exact) mass is 286 g/mol. The Kier molecular flexibility index (Phi) is 8.49. The van der Waals surface area contributed by atoms with Crippen LogP contribution in [-0.2, 0) is 4.79 Å². The number of hydrogen-bond acceptors (Lipinski definition) is 2. The van der Waals surface area contributed by atoms with Gasteiger partial charge >= 0.3 is 0 Å². The van der Waals surface area contributed by atoms with E-state index < -0.39 is 0 Å². The summed E-state index contributed by atoms with van der Waals surface area (Å²) in [6.45, 7) is 3.59. The average molecular weight is 286 g/mol. The number of piperidine rings is 3. The van der Waals surface area contributed by atoms with Crippen molar-refractivity contribution in [2.24, 2.45) is 11.8 Å². The molecule has 3 aliphatic rings. The van der Waals surface area contributed by atoms with Crippen molar-refractivity contribution in [2.45, 2.75) is 19.3 Å². The lowest BCUT2D eigenvalue weighted by Crippen LogP contribution is -2.48. The maximum Gasteiger partial charge on any atom is 0.224 e. The first-order valence-electron chi connectivity index (χ1n) is 6.88. The number of carbonyl (C=O) groups is 1. The molecule has 0 saturated carbocycles. The van der Waals surface area contributed by atoms with Crippen molar-refractivity contribution in [3.8, 4) is 0 Å². The highest BCUT2D eigenvalue weighted by Crippen LogP contribution is 2.34. The van der Waals surface area contributed by atoms with Crippen LogP contribution in [0.4, 0.5) is 5.69 Å². The number of rotatable bonds is 3. The van der Waals surface area contributed by atoms with Gasteiger partial charge in [-0.15, -0.1) is 0 Å². The summed E-state index contributed by atoms with van der Waals surface area (Å²) < 4.78 is 0. The highest BCUT2D eigenvalue weighted by Gasteiger charge is 2.34. The van der Waals surface area contributed by atoms with Crippen LogP contribution in [-0.4, -0.2) is 55.7 Å². The Hall–Kier alpha value is -1.16. The van der Waals surface area contributed by atoms with Gasteiger partial charge in [0.05, 0.1) is 25.2 Å². The van der Waals surface area contributed by atoms with Crippen LogP contribution in [0.3, 0.4) is 0 Å². The molecule has 3 saturated heterocycles. The van der Waals surface area contributed by atoms with E-state index in [-0.39, 0.29) is 31.1 Å². The maximum absolute atomic E-state index is 12.0. The fourth-order valence-electron chi connectivity index (χ4n) is 3.29. The van der Waals surface area contributed by atoms with Gasteiger partial charge in [-0.05, 0) is 49.9 Å². The Labute approximate surface area is 133 Å². The molecule has 0 unspecified atom stereocenters. The third-order valence-electron chi connectivity index (χ3n) is 4.30. The van der Waals surface area contributed by atoms with E-state index in [4.69, 9.17) is 0 Å². The summed E-state index contributed by atoms with van der Waals surface area (Å²) >= 11 is 0. The van der Waals surface area contributed by atoms with Crippen LogP contribution < -0.4 is 5.32 Å². The fourth-order valence-corrected chi connectivity index (χ4v) is 3.29. The Bertz CT molecular complexity index is 422. The number of nitrogens with zero attached hydrogens (tertiary/aromatic N) is 1. The number of nitrogens with one attached hydrogen (secondary N) is 1. The molecule has 2 bridgehead atoms. The number of amides is 1. The highest BCUT2D eigenvalue weighted by molar-refractivity contribution is 5.90. The Balaban J connectivity index is 0.00000133. The number of benzene rings is 1. The summed E-state index contributed by atoms with van der Waals surface area (Å²) in [7, 11) is 0. The van der Waals surface area contributed by atoms with Crippen molar-refractivity contribution in [3.63, 3.8) is 0 Å². The molecule has 6 heteroatoms. The first-order chi connectivity index (χ1) is 8.81. The van der Waals surface area contributed by atoms with Gasteiger partial charge in [0.25, 0.3) is 0 Å². The van der Waals surface area contributed by atoms with Crippen molar-refractivity contribution in [2.75, 3.05) is 25.0 Å². The standard InChI is InChI=1S/C15H20N2O.3BH3/c18-15(16-14-4-2-1-3-5-14)10-13-11-17-8-6-12(13)7-9-17;;;/h1-5,12-13H,6-11H2,(H,16,18);3*1H3/t13-;;;/m0.../s1. The smallest absolute Gasteiger partial charge is 0.224 e. The molecule has 1 atom stereocenters. The minimum Gasteiger partial charge on any atom is -0.326 e. The molecule has 1 aromatic rings. The average Bonchev–Trinajstić information content (AvgIpc) is 2.41. The molecule has 3 aliphatic heterocycles. The van der Waals surface area contributed by atoms with E-state index in [1.54, 1.807) is 0 Å². The zero-order chi connectivity index (χ0) is 12.4. The molecule has 0 aliphatic carbocycles. The number of hydrogen-bond donors (Lipinski definition) is 1. The highest BCUT2D eigenvalue weighted by atomic mass is 16.1. The molecule has 3 heterocycles. The molecule has 1 N–H and O–H groups in total. The van der Waals surface area contributed by atoms with Crippen LogP contribution >= 0.6 is 0 Å². The number of para-hydroxylation sites is 1. The van der Waals surface area contributed by atoms with Crippen LogP contribution in [0.15, 0.2) is 30.3 Å². The van der Waals surface area contributed by atoms with Gasteiger partial charge in [0.15, 0.2) is 0 Å². The molecule has 0 aromatic heterocycles. The van der Waals surface area contributed by atoms with Gasteiger partial charge in [0.1, 0.15) is 0 Å². The van der Waals surface area contributed by atoms with E-state index in [1.807, 2.05) is 30.3 Å². The minimum atomic E-state index is 0. The van der Waals surface area contributed by atoms with E-state index in [1.165, 1.54) is 25.9 Å². The summed E-state index contributed by atoms with van der Waals surface area (Å²) in [6, 6.07) is 9.74. The van der Waals surface area contributed by atoms with Gasteiger partial charge in [-0.1, -0.05) is 18.2 Å². The van der Waals surface area contributed by atoms with Gasteiger partial charge in [0.2, 0.25) is 5.91 Å². The van der Waals surface area contributed by atoms with Crippen LogP contribution in [0.2, 0.25) is 0 Å². The van der Waals surface area contributed by atoms with Crippen molar-refractivity contribution in [1.29, 1.82) is 0 Å². The molecule has 114 valence electrons. The Morgan fingerprint density at radius 2 is 1.71 bits per heavy atom. The molecular weight excluding hydrogens is 257 g/mol. The van der Waals surface area contributed by atoms with E-state index in [0.717, 1.165) is 18.2 Å². The predicted molar refractivity (Wildman–Crippen MR) is 102 cm³/mol. The summed E-state index contributed by atoms with van der Waals surface area (Å²) in [4.78, 5) is 14.5. The molecule has 3 fully saturated rings. The van der Waals surface area contributed by atoms with Crippen LogP contribution in [0.25, 0.3) is 0 Å². The lowest BCUT2D eigenvalue weighted by Gasteiger charge is -2.44. The number of fused-ring (bicyclic) bond motifs is 3. The first kappa shape index (κ1) is 19.8. The van der Waals surface area contributed by atoms with Gasteiger partial charge in [-0.25, -0.2) is 0 Å². The zero-order valence-corrected chi connectivity index (χ0v) is 10.6. The summed E-state index contributed by atoms with van der Waals surface area (Å²) in [5, 5.41) is 2.99. The van der Waals surface area contributed by atoms with Gasteiger partial charge in [-0.2, -0.15) is 0 Å². The fraction of sp³-hybridized carbons (Fsp3) is 0.533. The zero-order valence-electron chi connectivity index (χ0n) is 10.6. The van der Waals surface area contributed by atoms with Crippen molar-refractivity contribution < 1.29 is 4.79 Å². The second-order valence-electron chi connectivity index (χ2n) is 5.52. The maximum atomic E-state index is 12.0. The van der Waals surface area contributed by atoms with Gasteiger partial charge < -0.3 is 10.2 Å². The minimum absolute atomic E-state index is 0. The van der Waals surface area contributed by atoms with E-state index >= 15 is 0 Å². The van der Waals surface area contributed by atoms with Crippen LogP contribution in [0.5, 0.6) is 0 Å². The molecule has 0 spiro atoms. The largest absolute Gasteiger partial charge is 0.326 e. The molecule has 3 nitrogen and oxygen atoms in total. The molecule has 4 rings (SSSR count). The third-order valence-corrected chi connectivity index (χ3v) is 4.30. The SMILES string of the molecule is B.B.B.O=C(C[C@H]1CN2CCC1CC2)Nc1ccccc1. The topological polar surface area (TPSA) is 32.3 Å². The molecule has 1 aromatic carbocycles. The summed E-state index contributed by atoms with van der Waals surface area (Å²) in [6.07, 6.45) is 3.24. The molecule has 0 radical (unpaired) electrons. The second kappa shape index (κ2) is 8.98. The van der Waals surface area contributed by atoms with E-state index in [9.17, 15) is 4.79 Å². The first-order valence-corrected chi connectivity index (χ1v) is 6.88. The summed E-state index contributed by atoms with van der Waals surface area (Å²) in [5.41, 5.74) is 0.906. The molecule has 21 heavy (non-hydrogen) atoms. The quantitative estimate of drug-likeness (QED) is 0.708. The normalized spacial score (nSPS) is 25.8. The van der Waals surface area contributed by atoms with Crippen molar-refractivity contribution in [1.82, 2.24) is 4.90 Å². The third kappa shape index (κ3) is 4.96. The number of carbonyl (C=O) groups excluding carboxylic acids is 1. The van der Waals surface area contributed by atoms with E-state index in [2.05, 4.69) is 10.2 Å². The van der Waals surface area contributed by atoms with Crippen molar-refractivity contribution >= 4 is 36.8 Å². The number of anilines is 1. The second-order valence-corrected chi connectivity index (χ2v) is 5.52. The predicted octanol–water partition coefficient (Wildman–Crippen LogP) is -1.19. The van der Waals surface area contributed by atoms with Gasteiger partial charge in [0, 0.05) is 18.7 Å². The Morgan fingerprint density at radius 1 is 1.10 bits per heavy atom. The molecule has 1 amide bonds. The van der Waals surface area contributed by atoms with Gasteiger partial charge in [-0.3, -0.25) is 4.79 Å². The Morgan fingerprint density at radius 3 is 2.24 bits per heavy atom. The van der Waals surface area contributed by atoms with Crippen molar-refractivity contribution in [3.05, 3.63) is 30.3 Å². The van der Waals surface area contributed by atoms with Crippen LogP contribution in [0.1, 0.15) is 19.3 Å².